The van der Waals surface area contributed by atoms with Gasteiger partial charge in [0.05, 0.1) is 12.2 Å². The van der Waals surface area contributed by atoms with Crippen LogP contribution < -0.4 is 10.2 Å². The third-order valence-corrected chi connectivity index (χ3v) is 5.15. The summed E-state index contributed by atoms with van der Waals surface area (Å²) in [5.41, 5.74) is 1.11. The Morgan fingerprint density at radius 2 is 2.04 bits per heavy atom. The number of aryl methyl sites for hydroxylation is 2. The monoisotopic (exact) mass is 353 g/mol. The van der Waals surface area contributed by atoms with Gasteiger partial charge in [-0.1, -0.05) is 6.07 Å². The molecule has 0 radical (unpaired) electrons. The first-order chi connectivity index (χ1) is 12.8. The van der Waals surface area contributed by atoms with Crippen molar-refractivity contribution in [3.8, 4) is 0 Å². The summed E-state index contributed by atoms with van der Waals surface area (Å²) in [4.78, 5) is 18.3. The highest BCUT2D eigenvalue weighted by Crippen LogP contribution is 2.15. The van der Waals surface area contributed by atoms with Crippen LogP contribution in [-0.4, -0.2) is 58.6 Å². The van der Waals surface area contributed by atoms with Gasteiger partial charge in [0.2, 0.25) is 0 Å². The molecule has 2 aliphatic heterocycles. The van der Waals surface area contributed by atoms with Crippen LogP contribution >= 0.6 is 0 Å². The van der Waals surface area contributed by atoms with Crippen molar-refractivity contribution in [1.82, 2.24) is 24.8 Å². The number of piperazine rings is 1. The molecule has 0 saturated carbocycles. The van der Waals surface area contributed by atoms with Crippen LogP contribution in [0.2, 0.25) is 0 Å². The summed E-state index contributed by atoms with van der Waals surface area (Å²) in [6.07, 6.45) is 7.66. The molecule has 2 aromatic heterocycles. The molecule has 4 heterocycles. The molecule has 0 unspecified atom stereocenters. The summed E-state index contributed by atoms with van der Waals surface area (Å²) in [6.45, 7) is 5.62. The second-order valence-electron chi connectivity index (χ2n) is 6.86. The van der Waals surface area contributed by atoms with Gasteiger partial charge in [-0.2, -0.15) is 0 Å². The Hall–Kier alpha value is -2.57. The van der Waals surface area contributed by atoms with Crippen molar-refractivity contribution in [2.24, 2.45) is 4.99 Å². The Morgan fingerprint density at radius 3 is 2.77 bits per heavy atom. The molecule has 0 spiro atoms. The minimum Gasteiger partial charge on any atom is -0.353 e. The number of guanidine groups is 1. The van der Waals surface area contributed by atoms with Crippen LogP contribution in [0, 0.1) is 0 Å². The third kappa shape index (κ3) is 3.66. The van der Waals surface area contributed by atoms with E-state index in [0.717, 1.165) is 63.2 Å². The van der Waals surface area contributed by atoms with E-state index in [2.05, 4.69) is 41.9 Å². The van der Waals surface area contributed by atoms with Crippen molar-refractivity contribution in [3.05, 3.63) is 42.1 Å². The van der Waals surface area contributed by atoms with E-state index < -0.39 is 0 Å². The zero-order valence-electron chi connectivity index (χ0n) is 15.4. The Balaban J connectivity index is 1.31. The number of aliphatic imine (C=N–C) groups is 1. The maximum absolute atomic E-state index is 4.76. The molecule has 1 N–H and O–H groups in total. The summed E-state index contributed by atoms with van der Waals surface area (Å²) in [5, 5.41) is 3.49. The average Bonchev–Trinajstić information content (AvgIpc) is 3.12. The third-order valence-electron chi connectivity index (χ3n) is 5.15. The summed E-state index contributed by atoms with van der Waals surface area (Å²) >= 11 is 0. The number of hydrogen-bond acceptors (Lipinski definition) is 4. The first-order valence-corrected chi connectivity index (χ1v) is 9.50. The van der Waals surface area contributed by atoms with Gasteiger partial charge < -0.3 is 19.7 Å². The number of nitrogens with one attached hydrogen (secondary N) is 1. The lowest BCUT2D eigenvalue weighted by Crippen LogP contribution is -2.52. The summed E-state index contributed by atoms with van der Waals surface area (Å²) in [6, 6.07) is 6.07. The van der Waals surface area contributed by atoms with Crippen molar-refractivity contribution < 1.29 is 0 Å². The lowest BCUT2D eigenvalue weighted by atomic mass is 10.2. The molecule has 4 rings (SSSR count). The van der Waals surface area contributed by atoms with Crippen molar-refractivity contribution >= 4 is 11.8 Å². The topological polar surface area (TPSA) is 61.6 Å². The molecule has 0 aliphatic carbocycles. The fourth-order valence-electron chi connectivity index (χ4n) is 3.75. The highest BCUT2D eigenvalue weighted by molar-refractivity contribution is 5.80. The maximum Gasteiger partial charge on any atom is 0.194 e. The summed E-state index contributed by atoms with van der Waals surface area (Å²) < 4.78 is 2.30. The van der Waals surface area contributed by atoms with Crippen LogP contribution in [0.4, 0.5) is 5.82 Å². The van der Waals surface area contributed by atoms with E-state index in [1.54, 1.807) is 0 Å². The van der Waals surface area contributed by atoms with Gasteiger partial charge in [-0.15, -0.1) is 0 Å². The first-order valence-electron chi connectivity index (χ1n) is 9.50. The summed E-state index contributed by atoms with van der Waals surface area (Å²) in [7, 11) is 1.85. The lowest BCUT2D eigenvalue weighted by Gasteiger charge is -2.37. The van der Waals surface area contributed by atoms with Crippen molar-refractivity contribution in [1.29, 1.82) is 0 Å². The molecule has 26 heavy (non-hydrogen) atoms. The Kier molecular flexibility index (Phi) is 5.04. The maximum atomic E-state index is 4.76. The van der Waals surface area contributed by atoms with Crippen LogP contribution in [0.15, 0.2) is 35.6 Å². The second-order valence-corrected chi connectivity index (χ2v) is 6.86. The highest BCUT2D eigenvalue weighted by atomic mass is 15.4. The van der Waals surface area contributed by atoms with Gasteiger partial charge in [0.25, 0.3) is 0 Å². The molecule has 0 amide bonds. The van der Waals surface area contributed by atoms with Gasteiger partial charge >= 0.3 is 0 Å². The highest BCUT2D eigenvalue weighted by Gasteiger charge is 2.20. The molecule has 1 saturated heterocycles. The van der Waals surface area contributed by atoms with Crippen LogP contribution in [0.1, 0.15) is 24.4 Å². The molecular formula is C19H27N7. The van der Waals surface area contributed by atoms with Gasteiger partial charge in [0, 0.05) is 58.6 Å². The fraction of sp³-hybridized carbons (Fsp3) is 0.526. The SMILES string of the molecule is CN=C(NCc1cn2c(n1)CCCC2)N1CCN(c2ccccn2)CC1. The van der Waals surface area contributed by atoms with Crippen molar-refractivity contribution in [3.63, 3.8) is 0 Å². The predicted octanol–water partition coefficient (Wildman–Crippen LogP) is 1.51. The number of aromatic nitrogens is 3. The number of hydrogen-bond donors (Lipinski definition) is 1. The minimum atomic E-state index is 0.729. The van der Waals surface area contributed by atoms with Crippen LogP contribution in [0.25, 0.3) is 0 Å². The minimum absolute atomic E-state index is 0.729. The van der Waals surface area contributed by atoms with E-state index in [0.29, 0.717) is 0 Å². The average molecular weight is 353 g/mol. The number of imidazole rings is 1. The van der Waals surface area contributed by atoms with E-state index in [-0.39, 0.29) is 0 Å². The second kappa shape index (κ2) is 7.76. The van der Waals surface area contributed by atoms with Crippen LogP contribution in [0.3, 0.4) is 0 Å². The Morgan fingerprint density at radius 1 is 1.15 bits per heavy atom. The number of anilines is 1. The Labute approximate surface area is 154 Å². The van der Waals surface area contributed by atoms with E-state index >= 15 is 0 Å². The number of nitrogens with zero attached hydrogens (tertiary/aromatic N) is 6. The lowest BCUT2D eigenvalue weighted by molar-refractivity contribution is 0.371. The molecule has 0 aromatic carbocycles. The standard InChI is InChI=1S/C19H27N7/c1-20-19(22-14-16-15-26-9-5-3-7-18(26)23-16)25-12-10-24(11-13-25)17-6-2-4-8-21-17/h2,4,6,8,15H,3,5,7,9-14H2,1H3,(H,20,22). The van der Waals surface area contributed by atoms with Crippen molar-refractivity contribution in [2.45, 2.75) is 32.4 Å². The predicted molar refractivity (Wildman–Crippen MR) is 103 cm³/mol. The smallest absolute Gasteiger partial charge is 0.194 e. The van der Waals surface area contributed by atoms with Crippen LogP contribution in [0.5, 0.6) is 0 Å². The Bertz CT molecular complexity index is 721. The first kappa shape index (κ1) is 16.9. The van der Waals surface area contributed by atoms with Crippen molar-refractivity contribution in [2.75, 3.05) is 38.1 Å². The molecule has 7 heteroatoms. The number of rotatable bonds is 3. The molecular weight excluding hydrogens is 326 g/mol. The van der Waals surface area contributed by atoms with E-state index in [1.165, 1.54) is 18.7 Å². The largest absolute Gasteiger partial charge is 0.353 e. The molecule has 0 bridgehead atoms. The van der Waals surface area contributed by atoms with E-state index in [4.69, 9.17) is 4.98 Å². The fourth-order valence-corrected chi connectivity index (χ4v) is 3.75. The van der Waals surface area contributed by atoms with Gasteiger partial charge in [-0.3, -0.25) is 4.99 Å². The molecule has 2 aliphatic rings. The quantitative estimate of drug-likeness (QED) is 0.669. The van der Waals surface area contributed by atoms with Gasteiger partial charge in [0.15, 0.2) is 5.96 Å². The molecule has 0 atom stereocenters. The molecule has 2 aromatic rings. The normalized spacial score (nSPS) is 18.0. The van der Waals surface area contributed by atoms with Gasteiger partial charge in [-0.25, -0.2) is 9.97 Å². The van der Waals surface area contributed by atoms with Crippen LogP contribution in [-0.2, 0) is 19.5 Å². The van der Waals surface area contributed by atoms with E-state index in [9.17, 15) is 0 Å². The zero-order chi connectivity index (χ0) is 17.8. The van der Waals surface area contributed by atoms with Gasteiger partial charge in [0.1, 0.15) is 11.6 Å². The van der Waals surface area contributed by atoms with E-state index in [1.807, 2.05) is 25.4 Å². The molecule has 1 fully saturated rings. The number of fused-ring (bicyclic) bond motifs is 1. The number of pyridine rings is 1. The molecule has 7 nitrogen and oxygen atoms in total. The van der Waals surface area contributed by atoms with Gasteiger partial charge in [-0.05, 0) is 25.0 Å². The summed E-state index contributed by atoms with van der Waals surface area (Å²) in [5.74, 6) is 3.24. The zero-order valence-corrected chi connectivity index (χ0v) is 15.4. The molecule has 138 valence electrons.